The van der Waals surface area contributed by atoms with E-state index in [-0.39, 0.29) is 18.5 Å². The van der Waals surface area contributed by atoms with Crippen molar-refractivity contribution in [1.29, 1.82) is 0 Å². The Labute approximate surface area is 111 Å². The van der Waals surface area contributed by atoms with E-state index in [1.54, 1.807) is 0 Å². The van der Waals surface area contributed by atoms with Gasteiger partial charge in [-0.1, -0.05) is 0 Å². The zero-order valence-electron chi connectivity index (χ0n) is 10.7. The molecule has 0 aromatic rings. The lowest BCUT2D eigenvalue weighted by Crippen LogP contribution is -2.45. The first kappa shape index (κ1) is 13.6. The minimum atomic E-state index is -1.01. The molecule has 0 radical (unpaired) electrons. The number of urea groups is 1. The Hall–Kier alpha value is -1.79. The van der Waals surface area contributed by atoms with Crippen LogP contribution in [-0.4, -0.2) is 59.0 Å². The highest BCUT2D eigenvalue weighted by Crippen LogP contribution is 2.30. The molecule has 0 spiro atoms. The Morgan fingerprint density at radius 3 is 2.42 bits per heavy atom. The molecule has 19 heavy (non-hydrogen) atoms. The lowest BCUT2D eigenvalue weighted by atomic mass is 10.1. The van der Waals surface area contributed by atoms with Crippen LogP contribution >= 0.6 is 0 Å². The summed E-state index contributed by atoms with van der Waals surface area (Å²) in [6.45, 7) is 0.970. The van der Waals surface area contributed by atoms with Crippen molar-refractivity contribution in [2.45, 2.75) is 19.3 Å². The third kappa shape index (κ3) is 3.59. The molecule has 1 heterocycles. The van der Waals surface area contributed by atoms with E-state index < -0.39 is 11.9 Å². The number of hydrogen-bond donors (Lipinski definition) is 2. The molecule has 0 aromatic heterocycles. The highest BCUT2D eigenvalue weighted by Gasteiger charge is 2.34. The topological polar surface area (TPSA) is 104 Å². The number of rotatable bonds is 5. The molecule has 1 aliphatic heterocycles. The number of carbonyl (C=O) groups excluding carboxylic acids is 2. The average molecular weight is 269 g/mol. The van der Waals surface area contributed by atoms with Gasteiger partial charge in [-0.3, -0.25) is 9.59 Å². The molecule has 3 N–H and O–H groups in total. The summed E-state index contributed by atoms with van der Waals surface area (Å²) < 4.78 is 0. The molecule has 2 aliphatic rings. The summed E-state index contributed by atoms with van der Waals surface area (Å²) in [7, 11) is 0. The Balaban J connectivity index is 1.94. The third-order valence-electron chi connectivity index (χ3n) is 3.63. The first-order valence-corrected chi connectivity index (χ1v) is 6.52. The highest BCUT2D eigenvalue weighted by molar-refractivity contribution is 5.82. The lowest BCUT2D eigenvalue weighted by Gasteiger charge is -2.26. The normalized spacial score (nSPS) is 22.3. The van der Waals surface area contributed by atoms with Gasteiger partial charge in [-0.05, 0) is 25.2 Å². The maximum Gasteiger partial charge on any atom is 0.323 e. The molecule has 3 amide bonds. The van der Waals surface area contributed by atoms with Gasteiger partial charge >= 0.3 is 12.0 Å². The number of primary amides is 1. The molecule has 7 heteroatoms. The van der Waals surface area contributed by atoms with Gasteiger partial charge in [0.2, 0.25) is 5.91 Å². The summed E-state index contributed by atoms with van der Waals surface area (Å²) >= 11 is 0. The van der Waals surface area contributed by atoms with Crippen LogP contribution in [0.2, 0.25) is 0 Å². The van der Waals surface area contributed by atoms with Crippen molar-refractivity contribution in [3.05, 3.63) is 0 Å². The van der Waals surface area contributed by atoms with Crippen LogP contribution in [0.4, 0.5) is 4.79 Å². The van der Waals surface area contributed by atoms with E-state index in [1.807, 2.05) is 0 Å². The van der Waals surface area contributed by atoms with E-state index in [0.29, 0.717) is 32.0 Å². The maximum atomic E-state index is 12.2. The number of aliphatic carboxylic acids is 1. The summed E-state index contributed by atoms with van der Waals surface area (Å²) in [5.41, 5.74) is 5.22. The fourth-order valence-corrected chi connectivity index (χ4v) is 2.35. The van der Waals surface area contributed by atoms with E-state index in [1.165, 1.54) is 9.80 Å². The maximum absolute atomic E-state index is 12.2. The quantitative estimate of drug-likeness (QED) is 0.715. The largest absolute Gasteiger partial charge is 0.480 e. The van der Waals surface area contributed by atoms with E-state index in [2.05, 4.69) is 0 Å². The van der Waals surface area contributed by atoms with Gasteiger partial charge in [0.05, 0.1) is 5.92 Å². The molecular weight excluding hydrogens is 250 g/mol. The molecule has 7 nitrogen and oxygen atoms in total. The van der Waals surface area contributed by atoms with Crippen molar-refractivity contribution in [2.75, 3.05) is 26.2 Å². The number of nitrogens with two attached hydrogens (primary N) is 1. The fourth-order valence-electron chi connectivity index (χ4n) is 2.35. The Bertz CT molecular complexity index is 394. The number of nitrogens with zero attached hydrogens (tertiary/aromatic N) is 2. The van der Waals surface area contributed by atoms with Crippen molar-refractivity contribution in [2.24, 2.45) is 17.6 Å². The minimum Gasteiger partial charge on any atom is -0.480 e. The SMILES string of the molecule is NC(=O)C1CCN(C(=O)N(CC(=O)O)CC2CC2)C1. The molecule has 106 valence electrons. The van der Waals surface area contributed by atoms with Crippen LogP contribution in [0.1, 0.15) is 19.3 Å². The van der Waals surface area contributed by atoms with Crippen LogP contribution in [-0.2, 0) is 9.59 Å². The van der Waals surface area contributed by atoms with Crippen molar-refractivity contribution in [3.63, 3.8) is 0 Å². The van der Waals surface area contributed by atoms with Crippen LogP contribution in [0.3, 0.4) is 0 Å². The van der Waals surface area contributed by atoms with Gasteiger partial charge in [-0.15, -0.1) is 0 Å². The van der Waals surface area contributed by atoms with Crippen LogP contribution in [0.5, 0.6) is 0 Å². The standard InChI is InChI=1S/C12H19N3O4/c13-11(18)9-3-4-14(6-9)12(19)15(7-10(16)17)5-8-1-2-8/h8-9H,1-7H2,(H2,13,18)(H,16,17). The van der Waals surface area contributed by atoms with Gasteiger partial charge in [0.15, 0.2) is 0 Å². The molecular formula is C12H19N3O4. The summed E-state index contributed by atoms with van der Waals surface area (Å²) in [6, 6.07) is -0.293. The van der Waals surface area contributed by atoms with Crippen molar-refractivity contribution >= 4 is 17.9 Å². The third-order valence-corrected chi connectivity index (χ3v) is 3.63. The van der Waals surface area contributed by atoms with E-state index >= 15 is 0 Å². The Kier molecular flexibility index (Phi) is 3.92. The van der Waals surface area contributed by atoms with E-state index in [4.69, 9.17) is 10.8 Å². The zero-order chi connectivity index (χ0) is 14.0. The first-order chi connectivity index (χ1) is 8.97. The summed E-state index contributed by atoms with van der Waals surface area (Å²) in [5.74, 6) is -1.30. The predicted molar refractivity (Wildman–Crippen MR) is 66.2 cm³/mol. The van der Waals surface area contributed by atoms with Gasteiger partial charge in [-0.25, -0.2) is 4.79 Å². The average Bonchev–Trinajstić information content (AvgIpc) is 3.00. The molecule has 1 atom stereocenters. The molecule has 1 saturated heterocycles. The summed E-state index contributed by atoms with van der Waals surface area (Å²) in [5, 5.41) is 8.86. The van der Waals surface area contributed by atoms with Crippen molar-refractivity contribution < 1.29 is 19.5 Å². The lowest BCUT2D eigenvalue weighted by molar-refractivity contribution is -0.137. The molecule has 1 aliphatic carbocycles. The van der Waals surface area contributed by atoms with E-state index in [0.717, 1.165) is 12.8 Å². The molecule has 2 fully saturated rings. The number of amides is 3. The number of carbonyl (C=O) groups is 3. The second-order valence-electron chi connectivity index (χ2n) is 5.33. The molecule has 0 bridgehead atoms. The van der Waals surface area contributed by atoms with Gasteiger partial charge in [0.25, 0.3) is 0 Å². The van der Waals surface area contributed by atoms with Crippen LogP contribution in [0.25, 0.3) is 0 Å². The zero-order valence-corrected chi connectivity index (χ0v) is 10.7. The van der Waals surface area contributed by atoms with Gasteiger partial charge in [-0.2, -0.15) is 0 Å². The second-order valence-corrected chi connectivity index (χ2v) is 5.33. The number of hydrogen-bond acceptors (Lipinski definition) is 3. The highest BCUT2D eigenvalue weighted by atomic mass is 16.4. The predicted octanol–water partition coefficient (Wildman–Crippen LogP) is -0.290. The van der Waals surface area contributed by atoms with E-state index in [9.17, 15) is 14.4 Å². The number of likely N-dealkylation sites (tertiary alicyclic amines) is 1. The fraction of sp³-hybridized carbons (Fsp3) is 0.750. The molecule has 0 aromatic carbocycles. The number of carboxylic acids is 1. The summed E-state index contributed by atoms with van der Waals surface area (Å²) in [6.07, 6.45) is 2.66. The molecule has 1 unspecified atom stereocenters. The molecule has 2 rings (SSSR count). The van der Waals surface area contributed by atoms with Crippen molar-refractivity contribution in [1.82, 2.24) is 9.80 Å². The van der Waals surface area contributed by atoms with Crippen LogP contribution < -0.4 is 5.73 Å². The smallest absolute Gasteiger partial charge is 0.323 e. The van der Waals surface area contributed by atoms with Gasteiger partial charge < -0.3 is 20.6 Å². The Morgan fingerprint density at radius 2 is 1.95 bits per heavy atom. The van der Waals surface area contributed by atoms with Gasteiger partial charge in [0, 0.05) is 19.6 Å². The van der Waals surface area contributed by atoms with Crippen molar-refractivity contribution in [3.8, 4) is 0 Å². The minimum absolute atomic E-state index is 0.285. The van der Waals surface area contributed by atoms with Gasteiger partial charge in [0.1, 0.15) is 6.54 Å². The van der Waals surface area contributed by atoms with Crippen LogP contribution in [0.15, 0.2) is 0 Å². The monoisotopic (exact) mass is 269 g/mol. The number of carboxylic acid groups (broad SMARTS) is 1. The molecule has 1 saturated carbocycles. The second kappa shape index (κ2) is 5.46. The Morgan fingerprint density at radius 1 is 1.26 bits per heavy atom. The first-order valence-electron chi connectivity index (χ1n) is 6.52. The van der Waals surface area contributed by atoms with Crippen LogP contribution in [0, 0.1) is 11.8 Å². The summed E-state index contributed by atoms with van der Waals surface area (Å²) in [4.78, 5) is 37.0.